The van der Waals surface area contributed by atoms with Crippen LogP contribution in [-0.2, 0) is 13.9 Å². The van der Waals surface area contributed by atoms with E-state index in [4.69, 9.17) is 13.9 Å². The van der Waals surface area contributed by atoms with Crippen molar-refractivity contribution in [2.75, 3.05) is 13.2 Å². The molecule has 1 aliphatic heterocycles. The number of rotatable bonds is 4. The Morgan fingerprint density at radius 2 is 1.77 bits per heavy atom. The van der Waals surface area contributed by atoms with Crippen molar-refractivity contribution in [2.24, 2.45) is 23.7 Å². The van der Waals surface area contributed by atoms with Crippen LogP contribution in [0.1, 0.15) is 72.1 Å². The van der Waals surface area contributed by atoms with Gasteiger partial charge in [-0.3, -0.25) is 0 Å². The molecular formula is C25H42O4Si. The van der Waals surface area contributed by atoms with Gasteiger partial charge in [0.15, 0.2) is 14.1 Å². The zero-order valence-electron chi connectivity index (χ0n) is 19.7. The number of aliphatic hydroxyl groups is 1. The van der Waals surface area contributed by atoms with Gasteiger partial charge >= 0.3 is 0 Å². The first kappa shape index (κ1) is 22.8. The van der Waals surface area contributed by atoms with E-state index >= 15 is 0 Å². The Balaban J connectivity index is 1.49. The molecule has 30 heavy (non-hydrogen) atoms. The summed E-state index contributed by atoms with van der Waals surface area (Å²) < 4.78 is 18.7. The lowest BCUT2D eigenvalue weighted by atomic mass is 9.56. The summed E-state index contributed by atoms with van der Waals surface area (Å²) in [5.41, 5.74) is 0. The smallest absolute Gasteiger partial charge is 0.193 e. The fourth-order valence-electron chi connectivity index (χ4n) is 5.83. The molecule has 0 aromatic rings. The monoisotopic (exact) mass is 434 g/mol. The van der Waals surface area contributed by atoms with Crippen LogP contribution in [0, 0.1) is 35.5 Å². The molecule has 5 heteroatoms. The van der Waals surface area contributed by atoms with Crippen molar-refractivity contribution in [3.63, 3.8) is 0 Å². The topological polar surface area (TPSA) is 47.9 Å². The van der Waals surface area contributed by atoms with E-state index in [1.807, 2.05) is 0 Å². The van der Waals surface area contributed by atoms with Crippen molar-refractivity contribution >= 4 is 8.32 Å². The summed E-state index contributed by atoms with van der Waals surface area (Å²) in [7, 11) is -1.89. The lowest BCUT2D eigenvalue weighted by Gasteiger charge is -2.56. The Bertz CT molecular complexity index is 661. The highest BCUT2D eigenvalue weighted by atomic mass is 28.4. The van der Waals surface area contributed by atoms with Crippen molar-refractivity contribution in [1.29, 1.82) is 0 Å². The molecule has 1 spiro atoms. The Labute approximate surface area is 184 Å². The quantitative estimate of drug-likeness (QED) is 0.493. The van der Waals surface area contributed by atoms with Crippen LogP contribution in [0.25, 0.3) is 0 Å². The van der Waals surface area contributed by atoms with Crippen molar-refractivity contribution in [3.05, 3.63) is 0 Å². The van der Waals surface area contributed by atoms with Gasteiger partial charge in [-0.1, -0.05) is 58.3 Å². The molecule has 0 amide bonds. The molecule has 4 fully saturated rings. The minimum atomic E-state index is -1.89. The number of fused-ring (bicyclic) bond motifs is 2. The van der Waals surface area contributed by atoms with Crippen LogP contribution in [0.4, 0.5) is 0 Å². The van der Waals surface area contributed by atoms with Gasteiger partial charge in [0.05, 0.1) is 19.3 Å². The first-order valence-corrected chi connectivity index (χ1v) is 15.2. The third-order valence-corrected chi connectivity index (χ3v) is 13.2. The highest BCUT2D eigenvalue weighted by molar-refractivity contribution is 6.74. The van der Waals surface area contributed by atoms with Crippen molar-refractivity contribution in [2.45, 2.75) is 108 Å². The summed E-state index contributed by atoms with van der Waals surface area (Å²) >= 11 is 0. The predicted molar refractivity (Wildman–Crippen MR) is 121 cm³/mol. The summed E-state index contributed by atoms with van der Waals surface area (Å²) in [4.78, 5) is 0. The molecule has 4 nitrogen and oxygen atoms in total. The van der Waals surface area contributed by atoms with Crippen LogP contribution in [0.5, 0.6) is 0 Å². The lowest BCUT2D eigenvalue weighted by Crippen LogP contribution is -2.60. The van der Waals surface area contributed by atoms with E-state index in [2.05, 4.69) is 45.7 Å². The summed E-state index contributed by atoms with van der Waals surface area (Å²) in [5.74, 6) is 8.27. The molecule has 5 atom stereocenters. The molecule has 1 N–H and O–H groups in total. The minimum Gasteiger partial charge on any atom is -0.403 e. The number of aliphatic hydroxyl groups excluding tert-OH is 1. The van der Waals surface area contributed by atoms with E-state index in [0.29, 0.717) is 25.0 Å². The van der Waals surface area contributed by atoms with Gasteiger partial charge in [0.1, 0.15) is 6.10 Å². The zero-order chi connectivity index (χ0) is 21.6. The second-order valence-electron chi connectivity index (χ2n) is 11.7. The van der Waals surface area contributed by atoms with Gasteiger partial charge in [0, 0.05) is 18.3 Å². The molecule has 3 aliphatic carbocycles. The third-order valence-electron chi connectivity index (χ3n) is 8.70. The molecule has 4 aliphatic rings. The number of ether oxygens (including phenoxy) is 2. The maximum Gasteiger partial charge on any atom is 0.193 e. The molecule has 3 saturated carbocycles. The second kappa shape index (κ2) is 8.52. The summed E-state index contributed by atoms with van der Waals surface area (Å²) in [5, 5.41) is 10.9. The predicted octanol–water partition coefficient (Wildman–Crippen LogP) is 5.11. The van der Waals surface area contributed by atoms with Gasteiger partial charge in [0.25, 0.3) is 0 Å². The van der Waals surface area contributed by atoms with Crippen LogP contribution in [0.3, 0.4) is 0 Å². The first-order valence-electron chi connectivity index (χ1n) is 12.3. The molecule has 0 unspecified atom stereocenters. The molecule has 1 saturated heterocycles. The van der Waals surface area contributed by atoms with Crippen molar-refractivity contribution in [1.82, 2.24) is 0 Å². The van der Waals surface area contributed by atoms with E-state index in [1.165, 1.54) is 25.7 Å². The van der Waals surface area contributed by atoms with Gasteiger partial charge in [0.2, 0.25) is 0 Å². The van der Waals surface area contributed by atoms with E-state index in [-0.39, 0.29) is 29.0 Å². The largest absolute Gasteiger partial charge is 0.403 e. The van der Waals surface area contributed by atoms with E-state index < -0.39 is 8.32 Å². The van der Waals surface area contributed by atoms with E-state index in [1.54, 1.807) is 0 Å². The maximum atomic E-state index is 10.8. The highest BCUT2D eigenvalue weighted by Gasteiger charge is 2.62. The SMILES string of the molecule is CC(C)(C)[Si](C)(C)O[C@H](C#C[C@H]1[C@@H]2CC3(OCCO3)[C@@H]2CC[C@@H]1O)CC1CCCC1. The Morgan fingerprint density at radius 3 is 2.40 bits per heavy atom. The van der Waals surface area contributed by atoms with Crippen LogP contribution in [0.2, 0.25) is 18.1 Å². The molecular weight excluding hydrogens is 392 g/mol. The minimum absolute atomic E-state index is 0.00501. The molecule has 4 rings (SSSR count). The Morgan fingerprint density at radius 1 is 1.10 bits per heavy atom. The standard InChI is InChI=1S/C25H42O4Si/c1-24(2,3)30(4,5)29-19(16-18-8-6-7-9-18)10-11-20-21-17-25(27-14-15-28-25)22(21)12-13-23(20)26/h18-23,26H,6-9,12-17H2,1-5H3/t19-,20+,21+,22-,23+/m1/s1. The van der Waals surface area contributed by atoms with Gasteiger partial charge in [-0.05, 0) is 49.2 Å². The molecule has 170 valence electrons. The van der Waals surface area contributed by atoms with Gasteiger partial charge in [-0.25, -0.2) is 0 Å². The Hall–Kier alpha value is -0.383. The molecule has 0 aromatic carbocycles. The molecule has 0 radical (unpaired) electrons. The van der Waals surface area contributed by atoms with Crippen LogP contribution >= 0.6 is 0 Å². The number of hydrogen-bond donors (Lipinski definition) is 1. The summed E-state index contributed by atoms with van der Waals surface area (Å²) in [6, 6.07) is 0. The summed E-state index contributed by atoms with van der Waals surface area (Å²) in [6.45, 7) is 12.9. The fraction of sp³-hybridized carbons (Fsp3) is 0.920. The Kier molecular flexibility index (Phi) is 6.47. The molecule has 1 heterocycles. The van der Waals surface area contributed by atoms with Gasteiger partial charge in [-0.2, -0.15) is 0 Å². The van der Waals surface area contributed by atoms with Crippen LogP contribution in [0.15, 0.2) is 0 Å². The zero-order valence-corrected chi connectivity index (χ0v) is 20.7. The fourth-order valence-corrected chi connectivity index (χ4v) is 7.05. The average molecular weight is 435 g/mol. The lowest BCUT2D eigenvalue weighted by molar-refractivity contribution is -0.296. The first-order chi connectivity index (χ1) is 14.1. The van der Waals surface area contributed by atoms with Crippen molar-refractivity contribution in [3.8, 4) is 11.8 Å². The van der Waals surface area contributed by atoms with Gasteiger partial charge in [-0.15, -0.1) is 0 Å². The van der Waals surface area contributed by atoms with Crippen LogP contribution < -0.4 is 0 Å². The third kappa shape index (κ3) is 4.41. The summed E-state index contributed by atoms with van der Waals surface area (Å²) in [6.07, 6.45) is 8.68. The average Bonchev–Trinajstić information content (AvgIpc) is 3.32. The van der Waals surface area contributed by atoms with Crippen molar-refractivity contribution < 1.29 is 19.0 Å². The van der Waals surface area contributed by atoms with E-state index in [0.717, 1.165) is 31.6 Å². The maximum absolute atomic E-state index is 10.8. The van der Waals surface area contributed by atoms with Gasteiger partial charge < -0.3 is 19.0 Å². The molecule has 0 bridgehead atoms. The van der Waals surface area contributed by atoms with E-state index in [9.17, 15) is 5.11 Å². The highest BCUT2D eigenvalue weighted by Crippen LogP contribution is 2.57. The number of hydrogen-bond acceptors (Lipinski definition) is 4. The van der Waals surface area contributed by atoms with Crippen LogP contribution in [-0.4, -0.2) is 44.6 Å². The molecule has 0 aromatic heterocycles. The second-order valence-corrected chi connectivity index (χ2v) is 16.5. The normalized spacial score (nSPS) is 34.9.